The van der Waals surface area contributed by atoms with Crippen LogP contribution in [0.15, 0.2) is 54.6 Å². The molecule has 112 valence electrons. The Morgan fingerprint density at radius 3 is 2.14 bits per heavy atom. The molecule has 0 aliphatic heterocycles. The van der Waals surface area contributed by atoms with Gasteiger partial charge in [-0.1, -0.05) is 42.5 Å². The van der Waals surface area contributed by atoms with Gasteiger partial charge in [0.25, 0.3) is 0 Å². The smallest absolute Gasteiger partial charge is 0.119 e. The fraction of sp³-hybridized carbons (Fsp3) is 0.368. The Labute approximate surface area is 127 Å². The van der Waals surface area contributed by atoms with Crippen LogP contribution in [-0.2, 0) is 12.8 Å². The van der Waals surface area contributed by atoms with Crippen molar-refractivity contribution >= 4 is 0 Å². The van der Waals surface area contributed by atoms with E-state index in [1.807, 2.05) is 12.1 Å². The average molecular weight is 283 g/mol. The summed E-state index contributed by atoms with van der Waals surface area (Å²) in [6.07, 6.45) is 5.63. The van der Waals surface area contributed by atoms with E-state index >= 15 is 0 Å². The van der Waals surface area contributed by atoms with Gasteiger partial charge in [-0.15, -0.1) is 0 Å². The highest BCUT2D eigenvalue weighted by Gasteiger charge is 1.96. The molecule has 0 fully saturated rings. The van der Waals surface area contributed by atoms with Gasteiger partial charge in [0.1, 0.15) is 5.75 Å². The maximum absolute atomic E-state index is 5.76. The molecule has 0 aromatic heterocycles. The van der Waals surface area contributed by atoms with Gasteiger partial charge in [0.15, 0.2) is 0 Å². The molecule has 0 atom stereocenters. The maximum atomic E-state index is 5.76. The first-order chi connectivity index (χ1) is 10.4. The lowest BCUT2D eigenvalue weighted by atomic mass is 10.1. The zero-order valence-electron chi connectivity index (χ0n) is 12.6. The fourth-order valence-electron chi connectivity index (χ4n) is 2.36. The van der Waals surface area contributed by atoms with Gasteiger partial charge in [0, 0.05) is 0 Å². The minimum atomic E-state index is 0.696. The largest absolute Gasteiger partial charge is 0.494 e. The van der Waals surface area contributed by atoms with Crippen molar-refractivity contribution in [2.75, 3.05) is 13.2 Å². The molecule has 0 saturated heterocycles. The van der Waals surface area contributed by atoms with Crippen LogP contribution in [-0.4, -0.2) is 13.2 Å². The Morgan fingerprint density at radius 2 is 1.43 bits per heavy atom. The van der Waals surface area contributed by atoms with Crippen molar-refractivity contribution in [3.8, 4) is 5.75 Å². The van der Waals surface area contributed by atoms with Crippen LogP contribution in [0.1, 0.15) is 30.4 Å². The van der Waals surface area contributed by atoms with E-state index in [9.17, 15) is 0 Å². The van der Waals surface area contributed by atoms with E-state index in [2.05, 4.69) is 42.5 Å². The summed E-state index contributed by atoms with van der Waals surface area (Å²) in [5.74, 6) is 0.957. The van der Waals surface area contributed by atoms with Crippen LogP contribution in [0.3, 0.4) is 0 Å². The Hall–Kier alpha value is -1.80. The molecule has 0 amide bonds. The van der Waals surface area contributed by atoms with E-state index < -0.39 is 0 Å². The Kier molecular flexibility index (Phi) is 6.82. The Balaban J connectivity index is 1.57. The summed E-state index contributed by atoms with van der Waals surface area (Å²) < 4.78 is 5.76. The molecule has 0 aliphatic rings. The van der Waals surface area contributed by atoms with Crippen LogP contribution in [0, 0.1) is 0 Å². The summed E-state index contributed by atoms with van der Waals surface area (Å²) >= 11 is 0. The molecule has 2 nitrogen and oxygen atoms in total. The molecule has 2 aromatic rings. The molecule has 0 spiro atoms. The molecular weight excluding hydrogens is 258 g/mol. The van der Waals surface area contributed by atoms with E-state index in [0.717, 1.165) is 31.6 Å². The number of benzene rings is 2. The molecule has 0 unspecified atom stereocenters. The minimum Gasteiger partial charge on any atom is -0.494 e. The summed E-state index contributed by atoms with van der Waals surface area (Å²) in [5.41, 5.74) is 8.23. The Bertz CT molecular complexity index is 493. The molecule has 0 aliphatic carbocycles. The van der Waals surface area contributed by atoms with Gasteiger partial charge in [-0.05, 0) is 61.9 Å². The first kappa shape index (κ1) is 15.6. The van der Waals surface area contributed by atoms with Gasteiger partial charge in [-0.25, -0.2) is 0 Å². The third-order valence-corrected chi connectivity index (χ3v) is 3.58. The minimum absolute atomic E-state index is 0.696. The van der Waals surface area contributed by atoms with Crippen LogP contribution in [0.2, 0.25) is 0 Å². The van der Waals surface area contributed by atoms with Gasteiger partial charge >= 0.3 is 0 Å². The number of rotatable bonds is 9. The molecule has 0 heterocycles. The van der Waals surface area contributed by atoms with Crippen molar-refractivity contribution in [1.29, 1.82) is 0 Å². The van der Waals surface area contributed by atoms with Gasteiger partial charge < -0.3 is 10.5 Å². The highest BCUT2D eigenvalue weighted by molar-refractivity contribution is 5.27. The van der Waals surface area contributed by atoms with Gasteiger partial charge in [-0.3, -0.25) is 0 Å². The monoisotopic (exact) mass is 283 g/mol. The second kappa shape index (κ2) is 9.19. The lowest BCUT2D eigenvalue weighted by Gasteiger charge is -2.07. The normalized spacial score (nSPS) is 10.5. The second-order valence-corrected chi connectivity index (χ2v) is 5.33. The molecule has 2 aromatic carbocycles. The maximum Gasteiger partial charge on any atom is 0.119 e. The predicted molar refractivity (Wildman–Crippen MR) is 88.7 cm³/mol. The van der Waals surface area contributed by atoms with Crippen LogP contribution in [0.4, 0.5) is 0 Å². The average Bonchev–Trinajstić information content (AvgIpc) is 2.53. The van der Waals surface area contributed by atoms with E-state index in [1.165, 1.54) is 24.0 Å². The highest BCUT2D eigenvalue weighted by Crippen LogP contribution is 2.13. The van der Waals surface area contributed by atoms with Gasteiger partial charge in [0.05, 0.1) is 6.61 Å². The van der Waals surface area contributed by atoms with Crippen LogP contribution in [0.5, 0.6) is 5.75 Å². The third-order valence-electron chi connectivity index (χ3n) is 3.58. The molecule has 0 bridgehead atoms. The molecule has 21 heavy (non-hydrogen) atoms. The lowest BCUT2D eigenvalue weighted by molar-refractivity contribution is 0.305. The fourth-order valence-corrected chi connectivity index (χ4v) is 2.36. The number of aryl methyl sites for hydroxylation is 1. The van der Waals surface area contributed by atoms with Crippen molar-refractivity contribution in [2.45, 2.75) is 32.1 Å². The standard InChI is InChI=1S/C19H25NO/c20-15-14-18-10-12-19(13-11-18)21-16-6-2-5-9-17-7-3-1-4-8-17/h1,3-4,7-8,10-13H,2,5-6,9,14-16,20H2. The van der Waals surface area contributed by atoms with E-state index in [4.69, 9.17) is 10.5 Å². The zero-order chi connectivity index (χ0) is 14.8. The van der Waals surface area contributed by atoms with Crippen LogP contribution in [0.25, 0.3) is 0 Å². The van der Waals surface area contributed by atoms with Gasteiger partial charge in [0.2, 0.25) is 0 Å². The van der Waals surface area contributed by atoms with Gasteiger partial charge in [-0.2, -0.15) is 0 Å². The van der Waals surface area contributed by atoms with E-state index in [0.29, 0.717) is 6.54 Å². The number of ether oxygens (including phenoxy) is 1. The molecule has 2 N–H and O–H groups in total. The van der Waals surface area contributed by atoms with Crippen LogP contribution >= 0.6 is 0 Å². The van der Waals surface area contributed by atoms with E-state index in [-0.39, 0.29) is 0 Å². The summed E-state index contributed by atoms with van der Waals surface area (Å²) in [5, 5.41) is 0. The highest BCUT2D eigenvalue weighted by atomic mass is 16.5. The van der Waals surface area contributed by atoms with Crippen molar-refractivity contribution < 1.29 is 4.74 Å². The van der Waals surface area contributed by atoms with Crippen molar-refractivity contribution in [2.24, 2.45) is 5.73 Å². The number of hydrogen-bond donors (Lipinski definition) is 1. The van der Waals surface area contributed by atoms with Crippen molar-refractivity contribution in [1.82, 2.24) is 0 Å². The third kappa shape index (κ3) is 6.01. The number of nitrogens with two attached hydrogens (primary N) is 1. The summed E-state index contributed by atoms with van der Waals surface area (Å²) in [7, 11) is 0. The summed E-state index contributed by atoms with van der Waals surface area (Å²) in [6, 6.07) is 18.9. The second-order valence-electron chi connectivity index (χ2n) is 5.33. The first-order valence-corrected chi connectivity index (χ1v) is 7.84. The molecule has 2 heteroatoms. The quantitative estimate of drug-likeness (QED) is 0.706. The number of hydrogen-bond acceptors (Lipinski definition) is 2. The summed E-state index contributed by atoms with van der Waals surface area (Å²) in [6.45, 7) is 1.49. The molecular formula is C19H25NO. The number of unbranched alkanes of at least 4 members (excludes halogenated alkanes) is 2. The predicted octanol–water partition coefficient (Wildman–Crippen LogP) is 3.98. The van der Waals surface area contributed by atoms with Crippen molar-refractivity contribution in [3.63, 3.8) is 0 Å². The summed E-state index contributed by atoms with van der Waals surface area (Å²) in [4.78, 5) is 0. The Morgan fingerprint density at radius 1 is 0.714 bits per heavy atom. The van der Waals surface area contributed by atoms with E-state index in [1.54, 1.807) is 0 Å². The van der Waals surface area contributed by atoms with Crippen molar-refractivity contribution in [3.05, 3.63) is 65.7 Å². The molecule has 2 rings (SSSR count). The lowest BCUT2D eigenvalue weighted by Crippen LogP contribution is -2.02. The SMILES string of the molecule is NCCc1ccc(OCCCCCc2ccccc2)cc1. The topological polar surface area (TPSA) is 35.2 Å². The molecule has 0 radical (unpaired) electrons. The van der Waals surface area contributed by atoms with Crippen LogP contribution < -0.4 is 10.5 Å². The first-order valence-electron chi connectivity index (χ1n) is 7.84. The zero-order valence-corrected chi connectivity index (χ0v) is 12.6. The molecule has 0 saturated carbocycles.